The molecule has 10 aromatic heterocycles. The number of nitrogens with zero attached hydrogens (tertiary/aromatic N) is 10. The average Bonchev–Trinajstić information content (AvgIpc) is 1.58. The van der Waals surface area contributed by atoms with Gasteiger partial charge >= 0.3 is 111 Å². The fourth-order valence-electron chi connectivity index (χ4n) is 18.3. The van der Waals surface area contributed by atoms with E-state index in [0.29, 0.717) is 23.3 Å². The van der Waals surface area contributed by atoms with Crippen molar-refractivity contribution in [2.24, 2.45) is 0 Å². The molecule has 20 heteroatoms. The van der Waals surface area contributed by atoms with Crippen LogP contribution in [-0.4, -0.2) is 49.0 Å². The van der Waals surface area contributed by atoms with Gasteiger partial charge in [-0.2, -0.15) is 0 Å². The SMILES string of the molecule is CC1(C)c2ccccc2-c2ccc(-c3cc(Oc4ccccn4)[c-]c(-c4ccccn4)c3)cc21.[Cl][Pd+].[Cl][Pd+].[Cl][Pd+].[Cl][Pd+].[c-]1c(-c2cc(-c3ccc(-c4ccccc4)cc3)ccn2)ccc2c3ccccc3n(-c3ccccn3)c12.[c-]1c(-c2cc(-c3ccc(-c4ccccc4)cc3)ccn2)cccc1-n1c2ccccc2c2cccnc21.[c-]1c(Oc2ccccn2)cc(-c2ccc(/C=C/c3ccccc3)cc2)cc1-c1ccccn1. The molecule has 0 fully saturated rings. The van der Waals surface area contributed by atoms with E-state index in [1.54, 1.807) is 24.8 Å². The summed E-state index contributed by atoms with van der Waals surface area (Å²) in [6.45, 7) is 4.60. The predicted molar refractivity (Wildman–Crippen MR) is 596 cm³/mol. The molecule has 24 aromatic rings. The van der Waals surface area contributed by atoms with Gasteiger partial charge in [0.25, 0.3) is 0 Å². The number of hydrogen-bond donors (Lipinski definition) is 0. The molecule has 1 aliphatic carbocycles. The van der Waals surface area contributed by atoms with Gasteiger partial charge in [-0.05, 0) is 201 Å². The van der Waals surface area contributed by atoms with Crippen LogP contribution in [0.3, 0.4) is 0 Å². The Morgan fingerprint density at radius 3 is 1.19 bits per heavy atom. The Kier molecular flexibility index (Phi) is 35.7. The Morgan fingerprint density at radius 1 is 0.248 bits per heavy atom. The van der Waals surface area contributed by atoms with Crippen LogP contribution in [-0.2, 0) is 78.1 Å². The van der Waals surface area contributed by atoms with E-state index in [0.717, 1.165) is 140 Å². The fraction of sp³-hybridized carbons (Fsp3) is 0.0233. The van der Waals surface area contributed by atoms with Crippen molar-refractivity contribution in [1.29, 1.82) is 0 Å². The van der Waals surface area contributed by atoms with Crippen LogP contribution in [0.15, 0.2) is 486 Å². The van der Waals surface area contributed by atoms with Crippen LogP contribution in [0.1, 0.15) is 36.1 Å². The van der Waals surface area contributed by atoms with Gasteiger partial charge in [0.15, 0.2) is 0 Å². The quantitative estimate of drug-likeness (QED) is 0.0465. The van der Waals surface area contributed by atoms with Crippen molar-refractivity contribution < 1.29 is 82.2 Å². The van der Waals surface area contributed by atoms with E-state index in [1.807, 2.05) is 164 Å². The number of para-hydroxylation sites is 2. The van der Waals surface area contributed by atoms with Crippen LogP contribution < -0.4 is 9.47 Å². The molecule has 149 heavy (non-hydrogen) atoms. The largest absolute Gasteiger partial charge is 0.459 e. The van der Waals surface area contributed by atoms with E-state index >= 15 is 0 Å². The maximum atomic E-state index is 6.09. The molecule has 0 N–H and O–H groups in total. The number of fused-ring (bicyclic) bond motifs is 9. The van der Waals surface area contributed by atoms with E-state index < -0.39 is 0 Å². The Hall–Kier alpha value is -15.0. The van der Waals surface area contributed by atoms with Crippen molar-refractivity contribution in [2.75, 3.05) is 0 Å². The monoisotopic (exact) mass is 2370 g/mol. The van der Waals surface area contributed by atoms with Gasteiger partial charge in [-0.1, -0.05) is 364 Å². The Balaban J connectivity index is 0.000000127. The van der Waals surface area contributed by atoms with Crippen LogP contribution in [0.5, 0.6) is 23.3 Å². The van der Waals surface area contributed by atoms with Crippen LogP contribution in [0.2, 0.25) is 0 Å². The molecule has 0 saturated heterocycles. The number of ether oxygens (including phenoxy) is 2. The molecule has 0 saturated carbocycles. The first-order chi connectivity index (χ1) is 73.6. The Labute approximate surface area is 925 Å². The minimum absolute atomic E-state index is 0.0556. The second-order valence-corrected chi connectivity index (χ2v) is 34.7. The van der Waals surface area contributed by atoms with Crippen LogP contribution in [0.25, 0.3) is 190 Å². The minimum Gasteiger partial charge on any atom is -0.459 e. The third-order valence-corrected chi connectivity index (χ3v) is 25.3. The number of aromatic nitrogens is 10. The number of hydrogen-bond acceptors (Lipinski definition) is 10. The van der Waals surface area contributed by atoms with E-state index in [1.165, 1.54) is 60.8 Å². The molecule has 10 heterocycles. The van der Waals surface area contributed by atoms with Gasteiger partial charge in [0.2, 0.25) is 11.8 Å². The summed E-state index contributed by atoms with van der Waals surface area (Å²) < 4.78 is 16.5. The number of pyridine rings is 8. The number of rotatable bonds is 18. The molecular weight excluding hydrogens is 2290 g/mol. The van der Waals surface area contributed by atoms with Crippen molar-refractivity contribution in [2.45, 2.75) is 19.3 Å². The summed E-state index contributed by atoms with van der Waals surface area (Å²) in [6, 6.07) is 163. The molecule has 0 bridgehead atoms. The standard InChI is InChI=1S/2C34H22N3.C31H23N2O.C30H21N2O.4ClH.4Pd/c1-2-8-24(9-3-1)25-15-17-26(18-16-25)27-19-21-35-32(23-27)28-10-6-11-29(22-28)37-33-14-5-4-12-30(33)31-13-7-20-36-34(31)37;1-2-8-24(9-3-1)25-13-15-26(16-14-25)27-19-21-35-31(22-27)28-17-18-30-29-10-4-5-11-32(29)37(33(30)23-28)34-12-6-7-20-36-34;1-31(2)27-10-4-3-9-25(27)26-14-13-21(20-28(26)31)22-17-23(29-11-5-7-15-32-29)19-24(18-22)34-30-12-6-8-16-33-30;1-2-8-23(9-3-1)12-13-24-14-16-25(17-15-24)26-20-27(29-10-4-6-18-31-29)22-28(21-26)33-30-11-5-7-19-32-30;;;;;;;;/h1-21,23H;1-22H;3-18,20H,1-2H3;1-21H;4*1H;;;;/q4*-1;;;;;4*+2/p-4/b;;;13-12+;;;;;;;;. The smallest absolute Gasteiger partial charge is 0.217 e. The zero-order chi connectivity index (χ0) is 103. The molecule has 25 rings (SSSR count). The molecule has 0 aliphatic heterocycles. The van der Waals surface area contributed by atoms with Crippen molar-refractivity contribution in [3.8, 4) is 158 Å². The molecule has 14 aromatic carbocycles. The summed E-state index contributed by atoms with van der Waals surface area (Å²) in [5, 5.41) is 4.66. The summed E-state index contributed by atoms with van der Waals surface area (Å²) in [7, 11) is 18.0. The molecular formula is C129H88Cl4N10O2Pd4. The second kappa shape index (κ2) is 51.1. The summed E-state index contributed by atoms with van der Waals surface area (Å²) in [4.78, 5) is 36.3. The van der Waals surface area contributed by atoms with Gasteiger partial charge in [-0.3, -0.25) is 0 Å². The molecule has 0 radical (unpaired) electrons. The second-order valence-electron chi connectivity index (χ2n) is 34.7. The van der Waals surface area contributed by atoms with Crippen molar-refractivity contribution >= 4 is 94.0 Å². The van der Waals surface area contributed by atoms with Crippen molar-refractivity contribution in [3.63, 3.8) is 0 Å². The maximum absolute atomic E-state index is 6.09. The molecule has 0 unspecified atom stereocenters. The van der Waals surface area contributed by atoms with E-state index in [4.69, 9.17) is 24.4 Å². The van der Waals surface area contributed by atoms with Gasteiger partial charge < -0.3 is 38.5 Å². The summed E-state index contributed by atoms with van der Waals surface area (Å²) in [5.74, 6) is 3.15. The molecule has 12 nitrogen and oxygen atoms in total. The van der Waals surface area contributed by atoms with Gasteiger partial charge in [0, 0.05) is 94.9 Å². The Bertz CT molecular complexity index is 8570. The van der Waals surface area contributed by atoms with Crippen molar-refractivity contribution in [1.82, 2.24) is 49.0 Å². The van der Waals surface area contributed by atoms with E-state index in [9.17, 15) is 0 Å². The van der Waals surface area contributed by atoms with Crippen LogP contribution in [0.4, 0.5) is 0 Å². The van der Waals surface area contributed by atoms with Gasteiger partial charge in [-0.15, -0.1) is 76.9 Å². The minimum atomic E-state index is -0.0556. The normalized spacial score (nSPS) is 11.2. The maximum Gasteiger partial charge on any atom is 0.217 e. The average molecular weight is 2380 g/mol. The molecule has 0 amide bonds. The summed E-state index contributed by atoms with van der Waals surface area (Å²) in [5.41, 5.74) is 33.6. The van der Waals surface area contributed by atoms with E-state index in [2.05, 4.69) is 492 Å². The van der Waals surface area contributed by atoms with Gasteiger partial charge in [0.1, 0.15) is 11.5 Å². The summed E-state index contributed by atoms with van der Waals surface area (Å²) in [6.07, 6.45) is 18.7. The fourth-order valence-corrected chi connectivity index (χ4v) is 18.3. The van der Waals surface area contributed by atoms with Crippen LogP contribution >= 0.6 is 38.1 Å². The van der Waals surface area contributed by atoms with Crippen LogP contribution in [0, 0.1) is 24.3 Å². The number of halogens is 4. The Morgan fingerprint density at radius 2 is 0.658 bits per heavy atom. The zero-order valence-electron chi connectivity index (χ0n) is 79.9. The molecule has 0 spiro atoms. The molecule has 734 valence electrons. The first kappa shape index (κ1) is 104. The predicted octanol–water partition coefficient (Wildman–Crippen LogP) is 34.8. The summed E-state index contributed by atoms with van der Waals surface area (Å²) >= 11 is 8.89. The molecule has 0 atom stereocenters. The third kappa shape index (κ3) is 24.7. The van der Waals surface area contributed by atoms with Gasteiger partial charge in [-0.25, -0.2) is 19.9 Å². The van der Waals surface area contributed by atoms with Gasteiger partial charge in [0.05, 0.1) is 5.52 Å². The zero-order valence-corrected chi connectivity index (χ0v) is 89.2. The first-order valence-corrected chi connectivity index (χ1v) is 55.3. The van der Waals surface area contributed by atoms with Crippen molar-refractivity contribution in [3.05, 3.63) is 533 Å². The number of benzene rings is 14. The van der Waals surface area contributed by atoms with E-state index in [-0.39, 0.29) is 5.41 Å². The first-order valence-electron chi connectivity index (χ1n) is 47.3. The third-order valence-electron chi connectivity index (χ3n) is 25.3. The topological polar surface area (TPSA) is 131 Å². The molecule has 1 aliphatic rings.